The fourth-order valence-corrected chi connectivity index (χ4v) is 2.89. The fourth-order valence-electron chi connectivity index (χ4n) is 2.89. The summed E-state index contributed by atoms with van der Waals surface area (Å²) in [5, 5.41) is 3.58. The van der Waals surface area contributed by atoms with Gasteiger partial charge < -0.3 is 10.3 Å². The maximum atomic E-state index is 13.8. The molecule has 0 aliphatic carbocycles. The highest BCUT2D eigenvalue weighted by Crippen LogP contribution is 2.35. The Morgan fingerprint density at radius 3 is 2.28 bits per heavy atom. The van der Waals surface area contributed by atoms with Gasteiger partial charge in [-0.3, -0.25) is 4.79 Å². The summed E-state index contributed by atoms with van der Waals surface area (Å²) in [5.74, 6) is -0.579. The minimum absolute atomic E-state index is 0.233. The van der Waals surface area contributed by atoms with E-state index in [-0.39, 0.29) is 11.7 Å². The predicted octanol–water partition coefficient (Wildman–Crippen LogP) is 5.23. The molecule has 0 aliphatic heterocycles. The third kappa shape index (κ3) is 2.90. The van der Waals surface area contributed by atoms with Crippen LogP contribution in [-0.4, -0.2) is 10.9 Å². The number of halogens is 1. The molecule has 3 aromatic carbocycles. The number of H-pyrrole nitrogens is 1. The first kappa shape index (κ1) is 15.1. The van der Waals surface area contributed by atoms with Crippen molar-refractivity contribution in [3.63, 3.8) is 0 Å². The Bertz CT molecular complexity index is 1040. The number of aromatic amines is 1. The number of aromatic nitrogens is 1. The van der Waals surface area contributed by atoms with Crippen molar-refractivity contribution in [1.82, 2.24) is 4.98 Å². The lowest BCUT2D eigenvalue weighted by atomic mass is 10.1. The Morgan fingerprint density at radius 1 is 0.880 bits per heavy atom. The quantitative estimate of drug-likeness (QED) is 0.531. The van der Waals surface area contributed by atoms with Crippen LogP contribution in [0.5, 0.6) is 0 Å². The van der Waals surface area contributed by atoms with Gasteiger partial charge in [0.15, 0.2) is 0 Å². The van der Waals surface area contributed by atoms with Gasteiger partial charge in [-0.2, -0.15) is 0 Å². The Morgan fingerprint density at radius 2 is 1.56 bits per heavy atom. The molecule has 0 radical (unpaired) electrons. The van der Waals surface area contributed by atoms with E-state index < -0.39 is 0 Å². The van der Waals surface area contributed by atoms with Gasteiger partial charge in [-0.1, -0.05) is 48.5 Å². The molecule has 0 fully saturated rings. The first-order chi connectivity index (χ1) is 12.2. The molecule has 122 valence electrons. The molecule has 0 spiro atoms. The maximum absolute atomic E-state index is 13.8. The molecule has 1 amide bonds. The average molecular weight is 330 g/mol. The summed E-state index contributed by atoms with van der Waals surface area (Å²) in [5.41, 5.74) is 3.57. The summed E-state index contributed by atoms with van der Waals surface area (Å²) in [6.07, 6.45) is 0. The smallest absolute Gasteiger partial charge is 0.255 e. The van der Waals surface area contributed by atoms with Gasteiger partial charge in [0, 0.05) is 22.0 Å². The van der Waals surface area contributed by atoms with Crippen LogP contribution < -0.4 is 5.32 Å². The summed E-state index contributed by atoms with van der Waals surface area (Å²) in [6, 6.07) is 23.1. The molecular weight excluding hydrogens is 315 g/mol. The molecule has 4 heteroatoms. The Kier molecular flexibility index (Phi) is 3.78. The van der Waals surface area contributed by atoms with Crippen molar-refractivity contribution in [2.75, 3.05) is 5.32 Å². The van der Waals surface area contributed by atoms with E-state index in [1.807, 2.05) is 48.5 Å². The number of nitrogens with one attached hydrogen (secondary N) is 2. The average Bonchev–Trinajstić information content (AvgIpc) is 3.01. The standard InChI is InChI=1S/C21H15FN2O/c22-16-11-12-18-17(13-16)20(19(23-18)14-7-3-1-4-8-14)24-21(25)15-9-5-2-6-10-15/h1-13,23H,(H,24,25). The van der Waals surface area contributed by atoms with Crippen LogP contribution in [0.15, 0.2) is 78.9 Å². The number of rotatable bonds is 3. The van der Waals surface area contributed by atoms with Crippen molar-refractivity contribution < 1.29 is 9.18 Å². The molecule has 1 heterocycles. The lowest BCUT2D eigenvalue weighted by Gasteiger charge is -2.08. The lowest BCUT2D eigenvalue weighted by Crippen LogP contribution is -2.12. The molecule has 1 aromatic heterocycles. The predicted molar refractivity (Wildman–Crippen MR) is 98.1 cm³/mol. The largest absolute Gasteiger partial charge is 0.353 e. The zero-order chi connectivity index (χ0) is 17.2. The fraction of sp³-hybridized carbons (Fsp3) is 0. The van der Waals surface area contributed by atoms with Gasteiger partial charge in [0.1, 0.15) is 5.82 Å². The molecule has 0 atom stereocenters. The molecule has 0 aliphatic rings. The van der Waals surface area contributed by atoms with Crippen LogP contribution in [0.3, 0.4) is 0 Å². The van der Waals surface area contributed by atoms with Gasteiger partial charge in [0.25, 0.3) is 5.91 Å². The van der Waals surface area contributed by atoms with Crippen molar-refractivity contribution in [2.24, 2.45) is 0 Å². The molecule has 0 bridgehead atoms. The third-order valence-electron chi connectivity index (χ3n) is 4.10. The first-order valence-electron chi connectivity index (χ1n) is 7.95. The molecule has 2 N–H and O–H groups in total. The maximum Gasteiger partial charge on any atom is 0.255 e. The lowest BCUT2D eigenvalue weighted by molar-refractivity contribution is 0.102. The van der Waals surface area contributed by atoms with E-state index >= 15 is 0 Å². The number of anilines is 1. The van der Waals surface area contributed by atoms with E-state index in [9.17, 15) is 9.18 Å². The Balaban J connectivity index is 1.85. The van der Waals surface area contributed by atoms with E-state index in [4.69, 9.17) is 0 Å². The van der Waals surface area contributed by atoms with Gasteiger partial charge in [-0.15, -0.1) is 0 Å². The number of amides is 1. The number of hydrogen-bond acceptors (Lipinski definition) is 1. The summed E-state index contributed by atoms with van der Waals surface area (Å²) < 4.78 is 13.8. The molecule has 4 aromatic rings. The van der Waals surface area contributed by atoms with Gasteiger partial charge in [-0.05, 0) is 30.3 Å². The van der Waals surface area contributed by atoms with E-state index in [0.717, 1.165) is 16.8 Å². The van der Waals surface area contributed by atoms with E-state index in [1.165, 1.54) is 12.1 Å². The number of benzene rings is 3. The van der Waals surface area contributed by atoms with Crippen molar-refractivity contribution in [3.05, 3.63) is 90.2 Å². The molecule has 4 rings (SSSR count). The molecular formula is C21H15FN2O. The van der Waals surface area contributed by atoms with Crippen molar-refractivity contribution >= 4 is 22.5 Å². The van der Waals surface area contributed by atoms with E-state index in [0.29, 0.717) is 16.6 Å². The zero-order valence-corrected chi connectivity index (χ0v) is 13.3. The van der Waals surface area contributed by atoms with Crippen molar-refractivity contribution in [1.29, 1.82) is 0 Å². The Labute approximate surface area is 144 Å². The van der Waals surface area contributed by atoms with E-state index in [1.54, 1.807) is 18.2 Å². The SMILES string of the molecule is O=C(Nc1c(-c2ccccc2)[nH]c2ccc(F)cc12)c1ccccc1. The number of fused-ring (bicyclic) bond motifs is 1. The molecule has 3 nitrogen and oxygen atoms in total. The Hall–Kier alpha value is -3.40. The van der Waals surface area contributed by atoms with Gasteiger partial charge in [0.2, 0.25) is 0 Å². The first-order valence-corrected chi connectivity index (χ1v) is 7.95. The number of carbonyl (C=O) groups excluding carboxylic acids is 1. The van der Waals surface area contributed by atoms with E-state index in [2.05, 4.69) is 10.3 Å². The number of carbonyl (C=O) groups is 1. The highest BCUT2D eigenvalue weighted by molar-refractivity contribution is 6.12. The normalized spacial score (nSPS) is 10.8. The molecule has 0 saturated carbocycles. The van der Waals surface area contributed by atoms with Gasteiger partial charge in [-0.25, -0.2) is 4.39 Å². The van der Waals surface area contributed by atoms with Crippen LogP contribution in [0.2, 0.25) is 0 Å². The molecule has 0 saturated heterocycles. The summed E-state index contributed by atoms with van der Waals surface area (Å²) in [6.45, 7) is 0. The zero-order valence-electron chi connectivity index (χ0n) is 13.3. The van der Waals surface area contributed by atoms with Crippen LogP contribution in [0.4, 0.5) is 10.1 Å². The van der Waals surface area contributed by atoms with Gasteiger partial charge >= 0.3 is 0 Å². The summed E-state index contributed by atoms with van der Waals surface area (Å²) >= 11 is 0. The highest BCUT2D eigenvalue weighted by Gasteiger charge is 2.16. The molecule has 25 heavy (non-hydrogen) atoms. The van der Waals surface area contributed by atoms with Gasteiger partial charge in [0.05, 0.1) is 11.4 Å². The third-order valence-corrected chi connectivity index (χ3v) is 4.10. The van der Waals surface area contributed by atoms with Crippen LogP contribution >= 0.6 is 0 Å². The second-order valence-corrected chi connectivity index (χ2v) is 5.75. The van der Waals surface area contributed by atoms with Crippen LogP contribution in [-0.2, 0) is 0 Å². The highest BCUT2D eigenvalue weighted by atomic mass is 19.1. The number of hydrogen-bond donors (Lipinski definition) is 2. The topological polar surface area (TPSA) is 44.9 Å². The monoisotopic (exact) mass is 330 g/mol. The second-order valence-electron chi connectivity index (χ2n) is 5.75. The minimum atomic E-state index is -0.346. The van der Waals surface area contributed by atoms with Crippen LogP contribution in [0, 0.1) is 5.82 Å². The second kappa shape index (κ2) is 6.24. The van der Waals surface area contributed by atoms with Crippen molar-refractivity contribution in [3.8, 4) is 11.3 Å². The van der Waals surface area contributed by atoms with Crippen LogP contribution in [0.25, 0.3) is 22.2 Å². The van der Waals surface area contributed by atoms with Crippen LogP contribution in [0.1, 0.15) is 10.4 Å². The summed E-state index contributed by atoms with van der Waals surface area (Å²) in [7, 11) is 0. The van der Waals surface area contributed by atoms with Crippen molar-refractivity contribution in [2.45, 2.75) is 0 Å². The summed E-state index contributed by atoms with van der Waals surface area (Å²) in [4.78, 5) is 15.9. The molecule has 0 unspecified atom stereocenters. The minimum Gasteiger partial charge on any atom is -0.353 e.